The molecule has 3 heterocycles. The van der Waals surface area contributed by atoms with Crippen LogP contribution >= 0.6 is 12.4 Å². The van der Waals surface area contributed by atoms with Crippen LogP contribution in [0.25, 0.3) is 0 Å². The van der Waals surface area contributed by atoms with E-state index >= 15 is 0 Å². The van der Waals surface area contributed by atoms with E-state index in [-0.39, 0.29) is 23.9 Å². The monoisotopic (exact) mass is 541 g/mol. The van der Waals surface area contributed by atoms with Crippen molar-refractivity contribution in [3.63, 3.8) is 0 Å². The first-order valence-corrected chi connectivity index (χ1v) is 13.6. The lowest BCUT2D eigenvalue weighted by Gasteiger charge is -2.39. The van der Waals surface area contributed by atoms with Gasteiger partial charge in [0, 0.05) is 38.6 Å². The average molecular weight is 542 g/mol. The topological polar surface area (TPSA) is 62.3 Å². The normalized spacial score (nSPS) is 22.9. The van der Waals surface area contributed by atoms with Gasteiger partial charge in [0.15, 0.2) is 0 Å². The van der Waals surface area contributed by atoms with Crippen molar-refractivity contribution in [2.45, 2.75) is 38.6 Å². The molecule has 1 unspecified atom stereocenters. The van der Waals surface area contributed by atoms with E-state index in [1.807, 2.05) is 47.1 Å². The van der Waals surface area contributed by atoms with Crippen LogP contribution in [0.5, 0.6) is 5.75 Å². The fraction of sp³-hybridized carbons (Fsp3) is 0.533. The van der Waals surface area contributed by atoms with Crippen molar-refractivity contribution in [2.24, 2.45) is 11.3 Å². The standard InChI is InChI=1S/C30H39N3O4.ClH/c1-3-37-29(35)33-21-25(27(22-33)24-7-5-4-6-8-24)20-31-16-13-30(14-17-31)15-18-32(28(30)34)19-23-9-11-26(36-2)12-10-23;/h4-12,25,27H,3,13-22H2,1-2H3;1H/t25-,27?;/m0./s1. The molecule has 38 heavy (non-hydrogen) atoms. The van der Waals surface area contributed by atoms with Gasteiger partial charge in [-0.15, -0.1) is 12.4 Å². The third kappa shape index (κ3) is 5.94. The van der Waals surface area contributed by atoms with Gasteiger partial charge in [-0.05, 0) is 68.5 Å². The molecule has 0 N–H and O–H groups in total. The molecule has 2 atom stereocenters. The molecule has 3 saturated heterocycles. The lowest BCUT2D eigenvalue weighted by atomic mass is 9.76. The Morgan fingerprint density at radius 1 is 0.974 bits per heavy atom. The van der Waals surface area contributed by atoms with Crippen LogP contribution in [0.1, 0.15) is 43.2 Å². The van der Waals surface area contributed by atoms with Crippen LogP contribution in [0.15, 0.2) is 54.6 Å². The van der Waals surface area contributed by atoms with Crippen molar-refractivity contribution >= 4 is 24.4 Å². The number of hydrogen-bond donors (Lipinski definition) is 0. The molecule has 5 rings (SSSR count). The van der Waals surface area contributed by atoms with Gasteiger partial charge in [0.1, 0.15) is 5.75 Å². The summed E-state index contributed by atoms with van der Waals surface area (Å²) in [5.74, 6) is 1.81. The predicted molar refractivity (Wildman–Crippen MR) is 150 cm³/mol. The molecular weight excluding hydrogens is 502 g/mol. The van der Waals surface area contributed by atoms with Gasteiger partial charge in [0.25, 0.3) is 0 Å². The molecule has 206 valence electrons. The summed E-state index contributed by atoms with van der Waals surface area (Å²) in [5, 5.41) is 0. The second kappa shape index (κ2) is 12.4. The van der Waals surface area contributed by atoms with E-state index in [0.717, 1.165) is 56.8 Å². The average Bonchev–Trinajstić information content (AvgIpc) is 3.48. The number of methoxy groups -OCH3 is 1. The molecule has 0 aromatic heterocycles. The lowest BCUT2D eigenvalue weighted by Crippen LogP contribution is -2.46. The largest absolute Gasteiger partial charge is 0.497 e. The van der Waals surface area contributed by atoms with Crippen molar-refractivity contribution in [2.75, 3.05) is 53.0 Å². The minimum atomic E-state index is -0.214. The Morgan fingerprint density at radius 2 is 1.66 bits per heavy atom. The molecule has 7 nitrogen and oxygen atoms in total. The van der Waals surface area contributed by atoms with Crippen LogP contribution in [-0.2, 0) is 16.1 Å². The van der Waals surface area contributed by atoms with Gasteiger partial charge in [0.05, 0.1) is 19.1 Å². The van der Waals surface area contributed by atoms with Crippen LogP contribution in [0.2, 0.25) is 0 Å². The molecule has 0 bridgehead atoms. The summed E-state index contributed by atoms with van der Waals surface area (Å²) in [6.07, 6.45) is 2.56. The van der Waals surface area contributed by atoms with E-state index in [9.17, 15) is 9.59 Å². The van der Waals surface area contributed by atoms with E-state index in [4.69, 9.17) is 9.47 Å². The van der Waals surface area contributed by atoms with Gasteiger partial charge in [-0.25, -0.2) is 4.79 Å². The maximum absolute atomic E-state index is 13.5. The lowest BCUT2D eigenvalue weighted by molar-refractivity contribution is -0.139. The number of rotatable bonds is 7. The summed E-state index contributed by atoms with van der Waals surface area (Å²) < 4.78 is 10.6. The number of ether oxygens (including phenoxy) is 2. The molecule has 0 saturated carbocycles. The van der Waals surface area contributed by atoms with Crippen LogP contribution in [-0.4, -0.2) is 79.7 Å². The maximum atomic E-state index is 13.5. The Kier molecular flexibility index (Phi) is 9.21. The molecule has 0 aliphatic carbocycles. The highest BCUT2D eigenvalue weighted by Gasteiger charge is 2.48. The van der Waals surface area contributed by atoms with E-state index < -0.39 is 0 Å². The quantitative estimate of drug-likeness (QED) is 0.504. The highest BCUT2D eigenvalue weighted by Crippen LogP contribution is 2.43. The second-order valence-corrected chi connectivity index (χ2v) is 10.8. The zero-order valence-electron chi connectivity index (χ0n) is 22.5. The molecule has 3 aliphatic rings. The number of halogens is 1. The Labute approximate surface area is 232 Å². The van der Waals surface area contributed by atoms with E-state index in [1.54, 1.807) is 7.11 Å². The van der Waals surface area contributed by atoms with Crippen molar-refractivity contribution in [1.29, 1.82) is 0 Å². The molecule has 2 aromatic rings. The Morgan fingerprint density at radius 3 is 2.32 bits per heavy atom. The third-order valence-corrected chi connectivity index (χ3v) is 8.63. The van der Waals surface area contributed by atoms with E-state index in [0.29, 0.717) is 44.0 Å². The zero-order chi connectivity index (χ0) is 25.8. The first kappa shape index (κ1) is 28.2. The number of benzene rings is 2. The fourth-order valence-electron chi connectivity index (χ4n) is 6.45. The van der Waals surface area contributed by atoms with Crippen LogP contribution < -0.4 is 4.74 Å². The zero-order valence-corrected chi connectivity index (χ0v) is 23.3. The molecule has 3 fully saturated rings. The smallest absolute Gasteiger partial charge is 0.409 e. The molecular formula is C30H40ClN3O4. The number of likely N-dealkylation sites (tertiary alicyclic amines) is 3. The molecule has 1 spiro atoms. The third-order valence-electron chi connectivity index (χ3n) is 8.63. The Bertz CT molecular complexity index is 1070. The van der Waals surface area contributed by atoms with Crippen molar-refractivity contribution in [1.82, 2.24) is 14.7 Å². The molecule has 3 aliphatic heterocycles. The number of piperidine rings is 1. The van der Waals surface area contributed by atoms with Crippen molar-refractivity contribution < 1.29 is 19.1 Å². The summed E-state index contributed by atoms with van der Waals surface area (Å²) in [6.45, 7) is 7.96. The van der Waals surface area contributed by atoms with Gasteiger partial charge in [-0.3, -0.25) is 4.79 Å². The molecule has 8 heteroatoms. The molecule has 2 aromatic carbocycles. The highest BCUT2D eigenvalue weighted by atomic mass is 35.5. The van der Waals surface area contributed by atoms with E-state index in [2.05, 4.69) is 29.2 Å². The van der Waals surface area contributed by atoms with Crippen LogP contribution in [0.4, 0.5) is 4.79 Å². The number of carbonyl (C=O) groups excluding carboxylic acids is 2. The van der Waals surface area contributed by atoms with Gasteiger partial charge in [-0.1, -0.05) is 42.5 Å². The summed E-state index contributed by atoms with van der Waals surface area (Å²) in [7, 11) is 1.67. The summed E-state index contributed by atoms with van der Waals surface area (Å²) in [5.41, 5.74) is 2.21. The summed E-state index contributed by atoms with van der Waals surface area (Å²) in [4.78, 5) is 32.4. The van der Waals surface area contributed by atoms with Crippen molar-refractivity contribution in [3.8, 4) is 5.75 Å². The SMILES string of the molecule is CCOC(=O)N1CC(c2ccccc2)[C@@H](CN2CCC3(CC2)CCN(Cc2ccc(OC)cc2)C3=O)C1.Cl. The summed E-state index contributed by atoms with van der Waals surface area (Å²) in [6, 6.07) is 18.5. The molecule has 0 radical (unpaired) electrons. The Hall–Kier alpha value is -2.77. The van der Waals surface area contributed by atoms with E-state index in [1.165, 1.54) is 5.56 Å². The van der Waals surface area contributed by atoms with Gasteiger partial charge in [0.2, 0.25) is 5.91 Å². The van der Waals surface area contributed by atoms with Crippen LogP contribution in [0.3, 0.4) is 0 Å². The van der Waals surface area contributed by atoms with Gasteiger partial charge in [-0.2, -0.15) is 0 Å². The number of carbonyl (C=O) groups is 2. The number of amides is 2. The van der Waals surface area contributed by atoms with Crippen LogP contribution in [0, 0.1) is 11.3 Å². The van der Waals surface area contributed by atoms with Gasteiger partial charge >= 0.3 is 6.09 Å². The Balaban J connectivity index is 0.00000336. The minimum absolute atomic E-state index is 0. The first-order valence-electron chi connectivity index (χ1n) is 13.6. The predicted octanol–water partition coefficient (Wildman–Crippen LogP) is 4.80. The number of nitrogens with zero attached hydrogens (tertiary/aromatic N) is 3. The minimum Gasteiger partial charge on any atom is -0.497 e. The summed E-state index contributed by atoms with van der Waals surface area (Å²) >= 11 is 0. The highest BCUT2D eigenvalue weighted by molar-refractivity contribution is 5.85. The fourth-order valence-corrected chi connectivity index (χ4v) is 6.45. The maximum Gasteiger partial charge on any atom is 0.409 e. The molecule has 2 amide bonds. The number of hydrogen-bond acceptors (Lipinski definition) is 5. The van der Waals surface area contributed by atoms with Crippen molar-refractivity contribution in [3.05, 3.63) is 65.7 Å². The van der Waals surface area contributed by atoms with Gasteiger partial charge < -0.3 is 24.2 Å². The first-order chi connectivity index (χ1) is 18.0. The second-order valence-electron chi connectivity index (χ2n) is 10.8.